The minimum Gasteiger partial charge on any atom is -0.385 e. The number of carbonyl (C=O) groups is 1. The highest BCUT2D eigenvalue weighted by atomic mass is 31.2. The lowest BCUT2D eigenvalue weighted by Gasteiger charge is -2.29. The normalized spacial score (nSPS) is 15.3. The summed E-state index contributed by atoms with van der Waals surface area (Å²) in [6, 6.07) is 35.2. The Morgan fingerprint density at radius 3 is 1.69 bits per heavy atom. The van der Waals surface area contributed by atoms with Gasteiger partial charge in [-0.2, -0.15) is 0 Å². The highest BCUT2D eigenvalue weighted by Crippen LogP contribution is 2.64. The van der Waals surface area contributed by atoms with Crippen molar-refractivity contribution in [1.29, 1.82) is 0 Å². The first-order valence-corrected chi connectivity index (χ1v) is 13.5. The van der Waals surface area contributed by atoms with Crippen LogP contribution >= 0.6 is 7.14 Å². The monoisotopic (exact) mass is 478 g/mol. The molecule has 3 nitrogen and oxygen atoms in total. The Kier molecular flexibility index (Phi) is 6.15. The van der Waals surface area contributed by atoms with E-state index in [0.29, 0.717) is 45.5 Å². The summed E-state index contributed by atoms with van der Waals surface area (Å²) < 4.78 is 15.5. The third kappa shape index (κ3) is 4.34. The van der Waals surface area contributed by atoms with Crippen LogP contribution in [0.4, 0.5) is 0 Å². The van der Waals surface area contributed by atoms with Gasteiger partial charge in [-0.25, -0.2) is 0 Å². The average Bonchev–Trinajstić information content (AvgIpc) is 3.65. The van der Waals surface area contributed by atoms with Crippen LogP contribution < -0.4 is 10.6 Å². The quantitative estimate of drug-likeness (QED) is 0.198. The van der Waals surface area contributed by atoms with Gasteiger partial charge in [0.05, 0.1) is 5.60 Å². The van der Waals surface area contributed by atoms with Crippen molar-refractivity contribution in [3.63, 3.8) is 0 Å². The van der Waals surface area contributed by atoms with E-state index in [1.54, 1.807) is 12.1 Å². The molecule has 4 aromatic carbocycles. The molecule has 1 saturated carbocycles. The minimum atomic E-state index is -3.60. The number of allylic oxidation sites excluding steroid dienone is 1. The van der Waals surface area contributed by atoms with E-state index in [-0.39, 0.29) is 5.78 Å². The van der Waals surface area contributed by atoms with Gasteiger partial charge in [0.1, 0.15) is 0 Å². The summed E-state index contributed by atoms with van der Waals surface area (Å²) in [5.41, 5.74) is 1.16. The van der Waals surface area contributed by atoms with Crippen LogP contribution in [0.25, 0.3) is 5.57 Å². The minimum absolute atomic E-state index is 0.237. The topological polar surface area (TPSA) is 54.4 Å². The van der Waals surface area contributed by atoms with Crippen molar-refractivity contribution >= 4 is 29.1 Å². The van der Waals surface area contributed by atoms with Gasteiger partial charge in [0.2, 0.25) is 0 Å². The second-order valence-corrected chi connectivity index (χ2v) is 11.8. The maximum absolute atomic E-state index is 15.5. The molecule has 4 aromatic rings. The number of aryl methyl sites for hydroxylation is 1. The second-order valence-electron chi connectivity index (χ2n) is 9.10. The standard InChI is InChI=1S/C31H27O3P/c1-23-12-11-15-25(22-23)28(29(32)24-13-5-2-6-14-24)30(31(33)20-21-31)35(34,26-16-7-3-8-17-26)27-18-9-4-10-19-27/h2-19,22,33H,20-21H2,1H3/b30-28-. The van der Waals surface area contributed by atoms with Gasteiger partial charge in [0.15, 0.2) is 12.9 Å². The molecule has 0 heterocycles. The molecule has 0 spiro atoms. The Morgan fingerprint density at radius 1 is 0.714 bits per heavy atom. The molecule has 0 aromatic heterocycles. The zero-order valence-corrected chi connectivity index (χ0v) is 20.5. The molecule has 1 fully saturated rings. The Hall–Kier alpha value is -3.52. The molecule has 35 heavy (non-hydrogen) atoms. The summed E-state index contributed by atoms with van der Waals surface area (Å²) in [7, 11) is -3.60. The molecule has 0 amide bonds. The maximum Gasteiger partial charge on any atom is 0.194 e. The van der Waals surface area contributed by atoms with Crippen LogP contribution in [0.1, 0.15) is 34.3 Å². The van der Waals surface area contributed by atoms with Crippen LogP contribution in [0.3, 0.4) is 0 Å². The summed E-state index contributed by atoms with van der Waals surface area (Å²) in [4.78, 5) is 14.2. The maximum atomic E-state index is 15.5. The average molecular weight is 479 g/mol. The third-order valence-electron chi connectivity index (χ3n) is 6.53. The van der Waals surface area contributed by atoms with Crippen molar-refractivity contribution in [1.82, 2.24) is 0 Å². The van der Waals surface area contributed by atoms with Crippen LogP contribution in [0.5, 0.6) is 0 Å². The predicted molar refractivity (Wildman–Crippen MR) is 143 cm³/mol. The summed E-state index contributed by atoms with van der Waals surface area (Å²) >= 11 is 0. The molecular formula is C31H27O3P. The van der Waals surface area contributed by atoms with Crippen molar-refractivity contribution in [2.75, 3.05) is 0 Å². The molecule has 5 rings (SSSR count). The van der Waals surface area contributed by atoms with Gasteiger partial charge in [-0.05, 0) is 25.3 Å². The van der Waals surface area contributed by atoms with Crippen LogP contribution in [0.15, 0.2) is 121 Å². The molecule has 0 radical (unpaired) electrons. The predicted octanol–water partition coefficient (Wildman–Crippen LogP) is 6.13. The number of benzene rings is 4. The first kappa shape index (κ1) is 23.2. The molecular weight excluding hydrogens is 451 g/mol. The van der Waals surface area contributed by atoms with Gasteiger partial charge in [-0.1, -0.05) is 121 Å². The van der Waals surface area contributed by atoms with Crippen LogP contribution in [0, 0.1) is 6.92 Å². The number of rotatable bonds is 7. The first-order valence-electron chi connectivity index (χ1n) is 11.8. The van der Waals surface area contributed by atoms with Gasteiger partial charge in [0.25, 0.3) is 0 Å². The SMILES string of the molecule is Cc1cccc(/C(C(=O)c2ccccc2)=C(\C2(O)CC2)P(=O)(c2ccccc2)c2ccccc2)c1. The van der Waals surface area contributed by atoms with Gasteiger partial charge in [0, 0.05) is 27.1 Å². The van der Waals surface area contributed by atoms with E-state index in [2.05, 4.69) is 0 Å². The summed E-state index contributed by atoms with van der Waals surface area (Å²) in [5.74, 6) is -0.237. The van der Waals surface area contributed by atoms with Crippen LogP contribution in [-0.4, -0.2) is 16.5 Å². The second kappa shape index (κ2) is 9.26. The Morgan fingerprint density at radius 2 is 1.20 bits per heavy atom. The van der Waals surface area contributed by atoms with E-state index < -0.39 is 12.7 Å². The van der Waals surface area contributed by atoms with Crippen molar-refractivity contribution in [2.45, 2.75) is 25.4 Å². The van der Waals surface area contributed by atoms with E-state index in [1.807, 2.05) is 110 Å². The Labute approximate surface area is 206 Å². The molecule has 4 heteroatoms. The fraction of sp³-hybridized carbons (Fsp3) is 0.129. The lowest BCUT2D eigenvalue weighted by Crippen LogP contribution is -2.27. The molecule has 0 atom stereocenters. The summed E-state index contributed by atoms with van der Waals surface area (Å²) in [5, 5.41) is 13.3. The molecule has 0 aliphatic heterocycles. The zero-order chi connectivity index (χ0) is 24.5. The van der Waals surface area contributed by atoms with Crippen LogP contribution in [0.2, 0.25) is 0 Å². The van der Waals surface area contributed by atoms with E-state index in [4.69, 9.17) is 0 Å². The highest BCUT2D eigenvalue weighted by molar-refractivity contribution is 7.82. The van der Waals surface area contributed by atoms with Gasteiger partial charge in [-0.3, -0.25) is 4.79 Å². The summed E-state index contributed by atoms with van der Waals surface area (Å²) in [6.07, 6.45) is 0.923. The molecule has 174 valence electrons. The molecule has 1 aliphatic rings. The number of hydrogen-bond donors (Lipinski definition) is 1. The molecule has 1 aliphatic carbocycles. The Bertz CT molecular complexity index is 1390. The lowest BCUT2D eigenvalue weighted by molar-refractivity contribution is 0.105. The zero-order valence-electron chi connectivity index (χ0n) is 19.6. The lowest BCUT2D eigenvalue weighted by atomic mass is 9.93. The smallest absolute Gasteiger partial charge is 0.194 e. The molecule has 0 saturated heterocycles. The van der Waals surface area contributed by atoms with Crippen molar-refractivity contribution in [3.8, 4) is 0 Å². The number of hydrogen-bond acceptors (Lipinski definition) is 3. The van der Waals surface area contributed by atoms with Crippen LogP contribution in [-0.2, 0) is 4.57 Å². The Balaban J connectivity index is 1.92. The fourth-order valence-corrected chi connectivity index (χ4v) is 7.99. The molecule has 0 bridgehead atoms. The highest BCUT2D eigenvalue weighted by Gasteiger charge is 2.54. The largest absolute Gasteiger partial charge is 0.385 e. The fourth-order valence-electron chi connectivity index (χ4n) is 4.63. The summed E-state index contributed by atoms with van der Waals surface area (Å²) in [6.45, 7) is 1.97. The van der Waals surface area contributed by atoms with Gasteiger partial charge in [-0.15, -0.1) is 0 Å². The van der Waals surface area contributed by atoms with E-state index in [1.165, 1.54) is 0 Å². The van der Waals surface area contributed by atoms with Crippen molar-refractivity contribution in [2.24, 2.45) is 0 Å². The van der Waals surface area contributed by atoms with Gasteiger partial charge >= 0.3 is 0 Å². The van der Waals surface area contributed by atoms with E-state index in [0.717, 1.165) is 5.56 Å². The molecule has 0 unspecified atom stereocenters. The van der Waals surface area contributed by atoms with E-state index >= 15 is 4.57 Å². The van der Waals surface area contributed by atoms with Crippen molar-refractivity contribution < 1.29 is 14.5 Å². The third-order valence-corrected chi connectivity index (χ3v) is 9.85. The number of aliphatic hydroxyl groups is 1. The first-order chi connectivity index (χ1) is 16.9. The molecule has 1 N–H and O–H groups in total. The van der Waals surface area contributed by atoms with Crippen molar-refractivity contribution in [3.05, 3.63) is 137 Å². The van der Waals surface area contributed by atoms with E-state index in [9.17, 15) is 9.90 Å². The number of ketones is 1. The number of Topliss-reactive ketones (excluding diaryl/α,β-unsaturated/α-hetero) is 1. The number of carbonyl (C=O) groups excluding carboxylic acids is 1. The van der Waals surface area contributed by atoms with Gasteiger partial charge < -0.3 is 9.67 Å².